The number of aromatic nitrogens is 2. The number of nitrogens with zero attached hydrogens (tertiary/aromatic N) is 2. The fraction of sp³-hybridized carbons (Fsp3) is 0.259. The highest BCUT2D eigenvalue weighted by Crippen LogP contribution is 2.35. The molecular formula is C27H29N3O5S. The Kier molecular flexibility index (Phi) is 7.83. The van der Waals surface area contributed by atoms with Crippen LogP contribution in [0.15, 0.2) is 64.3 Å². The van der Waals surface area contributed by atoms with Gasteiger partial charge in [-0.25, -0.2) is 4.98 Å². The Labute approximate surface area is 213 Å². The molecule has 1 atom stereocenters. The highest BCUT2D eigenvalue weighted by Gasteiger charge is 2.16. The van der Waals surface area contributed by atoms with Crippen molar-refractivity contribution in [2.24, 2.45) is 0 Å². The molecule has 0 aliphatic heterocycles. The lowest BCUT2D eigenvalue weighted by atomic mass is 10.0. The number of rotatable bonds is 9. The van der Waals surface area contributed by atoms with Crippen LogP contribution in [0.25, 0.3) is 33.4 Å². The van der Waals surface area contributed by atoms with Crippen molar-refractivity contribution >= 4 is 22.1 Å². The smallest absolute Gasteiger partial charge is 0.262 e. The van der Waals surface area contributed by atoms with Crippen molar-refractivity contribution in [3.8, 4) is 39.8 Å². The van der Waals surface area contributed by atoms with E-state index in [1.54, 1.807) is 25.5 Å². The molecule has 1 heterocycles. The molecule has 0 spiro atoms. The third-order valence-electron chi connectivity index (χ3n) is 5.75. The molecule has 8 nitrogen and oxygen atoms in total. The molecule has 188 valence electrons. The maximum atomic E-state index is 13.0. The van der Waals surface area contributed by atoms with Gasteiger partial charge in [0.2, 0.25) is 0 Å². The third kappa shape index (κ3) is 5.48. The largest absolute Gasteiger partial charge is 0.612 e. The minimum Gasteiger partial charge on any atom is -0.612 e. The maximum absolute atomic E-state index is 13.0. The number of methoxy groups -OCH3 is 2. The van der Waals surface area contributed by atoms with Crippen LogP contribution in [0.4, 0.5) is 0 Å². The monoisotopic (exact) mass is 507 g/mol. The Bertz CT molecular complexity index is 1420. The zero-order chi connectivity index (χ0) is 25.8. The summed E-state index contributed by atoms with van der Waals surface area (Å²) >= 11 is -1.07. The first-order valence-corrected chi connectivity index (χ1v) is 12.9. The second-order valence-corrected chi connectivity index (χ2v) is 9.86. The van der Waals surface area contributed by atoms with Gasteiger partial charge in [-0.3, -0.25) is 4.79 Å². The van der Waals surface area contributed by atoms with E-state index in [2.05, 4.69) is 4.98 Å². The topological polar surface area (TPSA) is 99.7 Å². The van der Waals surface area contributed by atoms with Crippen LogP contribution >= 0.6 is 0 Å². The molecule has 0 bridgehead atoms. The van der Waals surface area contributed by atoms with E-state index in [-0.39, 0.29) is 5.56 Å². The SMILES string of the molecule is COc1cc(OC)c2c(=O)[nH]c(-c3ccc(OCCN(C)C)c(-c4ccc([S+](C)[O-])cc4)c3)nc2c1. The first-order chi connectivity index (χ1) is 17.3. The third-order valence-corrected chi connectivity index (χ3v) is 6.68. The van der Waals surface area contributed by atoms with Gasteiger partial charge in [0.15, 0.2) is 4.90 Å². The summed E-state index contributed by atoms with van der Waals surface area (Å²) in [4.78, 5) is 23.4. The van der Waals surface area contributed by atoms with E-state index >= 15 is 0 Å². The van der Waals surface area contributed by atoms with Crippen molar-refractivity contribution < 1.29 is 18.8 Å². The number of fused-ring (bicyclic) bond motifs is 1. The van der Waals surface area contributed by atoms with Crippen LogP contribution < -0.4 is 19.8 Å². The Hall–Kier alpha value is -3.53. The number of aromatic amines is 1. The molecule has 4 rings (SSSR count). The summed E-state index contributed by atoms with van der Waals surface area (Å²) in [6, 6.07) is 16.6. The fourth-order valence-corrected chi connectivity index (χ4v) is 4.34. The fourth-order valence-electron chi connectivity index (χ4n) is 3.82. The summed E-state index contributed by atoms with van der Waals surface area (Å²) in [5.41, 5.74) is 2.61. The van der Waals surface area contributed by atoms with Gasteiger partial charge < -0.3 is 28.6 Å². The average Bonchev–Trinajstić information content (AvgIpc) is 2.87. The minimum absolute atomic E-state index is 0.308. The molecule has 4 aromatic rings. The molecule has 0 saturated heterocycles. The van der Waals surface area contributed by atoms with Gasteiger partial charge >= 0.3 is 0 Å². The Morgan fingerprint density at radius 1 is 0.972 bits per heavy atom. The average molecular weight is 508 g/mol. The molecule has 1 N–H and O–H groups in total. The van der Waals surface area contributed by atoms with Crippen LogP contribution in [0.1, 0.15) is 0 Å². The minimum atomic E-state index is -1.07. The van der Waals surface area contributed by atoms with Crippen molar-refractivity contribution in [2.75, 3.05) is 47.7 Å². The van der Waals surface area contributed by atoms with Gasteiger partial charge in [0.05, 0.1) is 19.7 Å². The van der Waals surface area contributed by atoms with Crippen molar-refractivity contribution in [1.82, 2.24) is 14.9 Å². The number of hydrogen-bond donors (Lipinski definition) is 1. The Morgan fingerprint density at radius 3 is 2.33 bits per heavy atom. The predicted molar refractivity (Wildman–Crippen MR) is 143 cm³/mol. The van der Waals surface area contributed by atoms with Crippen LogP contribution in [0, 0.1) is 0 Å². The number of ether oxygens (including phenoxy) is 3. The quantitative estimate of drug-likeness (QED) is 0.343. The lowest BCUT2D eigenvalue weighted by molar-refractivity contribution is 0.262. The normalized spacial score (nSPS) is 12.1. The van der Waals surface area contributed by atoms with Gasteiger partial charge in [0.1, 0.15) is 41.3 Å². The maximum Gasteiger partial charge on any atom is 0.262 e. The van der Waals surface area contributed by atoms with E-state index in [1.807, 2.05) is 61.5 Å². The van der Waals surface area contributed by atoms with Gasteiger partial charge in [-0.05, 0) is 73.3 Å². The number of H-pyrrole nitrogens is 1. The van der Waals surface area contributed by atoms with Crippen molar-refractivity contribution in [3.63, 3.8) is 0 Å². The second-order valence-electron chi connectivity index (χ2n) is 8.48. The highest BCUT2D eigenvalue weighted by atomic mass is 32.2. The molecule has 0 aliphatic rings. The van der Waals surface area contributed by atoms with Gasteiger partial charge in [-0.1, -0.05) is 0 Å². The molecule has 1 unspecified atom stereocenters. The first kappa shape index (κ1) is 25.6. The molecule has 3 aromatic carbocycles. The van der Waals surface area contributed by atoms with E-state index in [1.165, 1.54) is 7.11 Å². The lowest BCUT2D eigenvalue weighted by Gasteiger charge is -2.16. The van der Waals surface area contributed by atoms with Crippen LogP contribution in [-0.2, 0) is 11.2 Å². The molecule has 1 aromatic heterocycles. The summed E-state index contributed by atoms with van der Waals surface area (Å²) in [6.45, 7) is 1.28. The van der Waals surface area contributed by atoms with Crippen molar-refractivity contribution in [3.05, 3.63) is 65.0 Å². The number of nitrogens with one attached hydrogen (secondary N) is 1. The standard InChI is InChI=1S/C27H29N3O5S/c1-30(2)12-13-35-23-11-8-18(14-21(23)17-6-9-20(10-7-17)36(5)32)26-28-22-15-19(33-3)16-24(34-4)25(22)27(31)29-26/h6-11,14-16H,12-13H2,1-5H3,(H,28,29,31). The molecule has 36 heavy (non-hydrogen) atoms. The molecule has 0 aliphatic carbocycles. The van der Waals surface area contributed by atoms with Crippen LogP contribution in [0.5, 0.6) is 17.2 Å². The molecule has 0 fully saturated rings. The summed E-state index contributed by atoms with van der Waals surface area (Å²) in [6.07, 6.45) is 1.65. The van der Waals surface area contributed by atoms with E-state index in [0.29, 0.717) is 46.1 Å². The van der Waals surface area contributed by atoms with Crippen molar-refractivity contribution in [1.29, 1.82) is 0 Å². The van der Waals surface area contributed by atoms with E-state index in [0.717, 1.165) is 22.6 Å². The number of benzene rings is 3. The van der Waals surface area contributed by atoms with E-state index < -0.39 is 11.2 Å². The highest BCUT2D eigenvalue weighted by molar-refractivity contribution is 7.90. The van der Waals surface area contributed by atoms with Gasteiger partial charge in [-0.2, -0.15) is 0 Å². The zero-order valence-electron chi connectivity index (χ0n) is 21.0. The van der Waals surface area contributed by atoms with E-state index in [9.17, 15) is 9.35 Å². The van der Waals surface area contributed by atoms with Gasteiger partial charge in [0, 0.05) is 29.8 Å². The van der Waals surface area contributed by atoms with Crippen LogP contribution in [0.2, 0.25) is 0 Å². The van der Waals surface area contributed by atoms with Crippen molar-refractivity contribution in [2.45, 2.75) is 4.90 Å². The molecule has 0 saturated carbocycles. The molecule has 0 radical (unpaired) electrons. The molecule has 0 amide bonds. The summed E-state index contributed by atoms with van der Waals surface area (Å²) in [5, 5.41) is 0.356. The van der Waals surface area contributed by atoms with Crippen LogP contribution in [-0.4, -0.2) is 67.1 Å². The summed E-state index contributed by atoms with van der Waals surface area (Å²) in [5.74, 6) is 2.05. The Balaban J connectivity index is 1.82. The summed E-state index contributed by atoms with van der Waals surface area (Å²) < 4.78 is 28.7. The number of hydrogen-bond acceptors (Lipinski definition) is 7. The zero-order valence-corrected chi connectivity index (χ0v) is 21.8. The summed E-state index contributed by atoms with van der Waals surface area (Å²) in [7, 11) is 7.03. The lowest BCUT2D eigenvalue weighted by Crippen LogP contribution is -2.19. The first-order valence-electron chi connectivity index (χ1n) is 11.3. The predicted octanol–water partition coefficient (Wildman–Crippen LogP) is 3.95. The van der Waals surface area contributed by atoms with E-state index in [4.69, 9.17) is 19.2 Å². The van der Waals surface area contributed by atoms with Gasteiger partial charge in [0.25, 0.3) is 5.56 Å². The van der Waals surface area contributed by atoms with Gasteiger partial charge in [-0.15, -0.1) is 0 Å². The van der Waals surface area contributed by atoms with Crippen LogP contribution in [0.3, 0.4) is 0 Å². The Morgan fingerprint density at radius 2 is 1.69 bits per heavy atom. The second kappa shape index (κ2) is 11.0. The molecular weight excluding hydrogens is 478 g/mol. The molecule has 9 heteroatoms. The number of likely N-dealkylation sites (N-methyl/N-ethyl adjacent to an activating group) is 1.